The van der Waals surface area contributed by atoms with Crippen molar-refractivity contribution < 1.29 is 9.47 Å². The maximum Gasteiger partial charge on any atom is 0.146 e. The lowest BCUT2D eigenvalue weighted by Crippen LogP contribution is -2.27. The number of anilines is 1. The first-order valence-corrected chi connectivity index (χ1v) is 9.60. The van der Waals surface area contributed by atoms with Crippen LogP contribution in [0.25, 0.3) is 0 Å². The number of nitrogens with one attached hydrogen (secondary N) is 2. The van der Waals surface area contributed by atoms with Gasteiger partial charge in [-0.1, -0.05) is 62.8 Å². The van der Waals surface area contributed by atoms with Crippen LogP contribution < -0.4 is 5.73 Å². The lowest BCUT2D eigenvalue weighted by Gasteiger charge is -2.33. The second kappa shape index (κ2) is 11.1. The highest BCUT2D eigenvalue weighted by molar-refractivity contribution is 6.48. The van der Waals surface area contributed by atoms with Gasteiger partial charge >= 0.3 is 0 Å². The van der Waals surface area contributed by atoms with Crippen LogP contribution in [0.4, 0.5) is 10.2 Å². The second-order valence-electron chi connectivity index (χ2n) is 7.77. The molecule has 1 aliphatic carbocycles. The lowest BCUT2D eigenvalue weighted by molar-refractivity contribution is -0.0820. The molecule has 0 saturated heterocycles. The van der Waals surface area contributed by atoms with Crippen LogP contribution in [0, 0.1) is 16.7 Å². The lowest BCUT2D eigenvalue weighted by atomic mass is 9.72. The van der Waals surface area contributed by atoms with Crippen molar-refractivity contribution in [2.75, 3.05) is 5.73 Å². The van der Waals surface area contributed by atoms with Crippen molar-refractivity contribution in [2.45, 2.75) is 46.5 Å². The van der Waals surface area contributed by atoms with Crippen LogP contribution in [0.2, 0.25) is 0 Å². The summed E-state index contributed by atoms with van der Waals surface area (Å²) in [6.07, 6.45) is 11.4. The van der Waals surface area contributed by atoms with Gasteiger partial charge in [-0.2, -0.15) is 0 Å². The summed E-state index contributed by atoms with van der Waals surface area (Å²) in [6.45, 7) is 10.2. The van der Waals surface area contributed by atoms with E-state index in [-0.39, 0.29) is 22.6 Å². The third-order valence-electron chi connectivity index (χ3n) is 5.16. The second-order valence-corrected chi connectivity index (χ2v) is 7.77. The zero-order chi connectivity index (χ0) is 22.0. The fraction of sp³-hybridized carbons (Fsp3) is 0.333. The molecular weight excluding hydrogens is 365 g/mol. The van der Waals surface area contributed by atoms with E-state index in [9.17, 15) is 4.53 Å². The van der Waals surface area contributed by atoms with Crippen LogP contribution in [0.15, 0.2) is 72.1 Å². The fourth-order valence-corrected chi connectivity index (χ4v) is 2.89. The van der Waals surface area contributed by atoms with E-state index < -0.39 is 0 Å². The van der Waals surface area contributed by atoms with Crippen molar-refractivity contribution in [3.63, 3.8) is 0 Å². The van der Waals surface area contributed by atoms with Crippen LogP contribution in [0.3, 0.4) is 0 Å². The molecule has 2 rings (SSSR count). The van der Waals surface area contributed by atoms with E-state index in [4.69, 9.17) is 16.6 Å². The summed E-state index contributed by atoms with van der Waals surface area (Å²) in [5.41, 5.74) is 9.63. The molecule has 156 valence electrons. The minimum absolute atomic E-state index is 0.0303. The molecule has 1 aromatic rings. The van der Waals surface area contributed by atoms with E-state index in [1.165, 1.54) is 5.56 Å². The molecule has 0 heterocycles. The first-order chi connectivity index (χ1) is 13.6. The van der Waals surface area contributed by atoms with Crippen LogP contribution in [-0.2, 0) is 10.4 Å². The van der Waals surface area contributed by atoms with Gasteiger partial charge in [0.25, 0.3) is 0 Å². The van der Waals surface area contributed by atoms with Crippen molar-refractivity contribution in [1.82, 2.24) is 0 Å². The molecule has 4 nitrogen and oxygen atoms in total. The topological polar surface area (TPSA) is 83.0 Å². The Labute approximate surface area is 173 Å². The van der Waals surface area contributed by atoms with Gasteiger partial charge in [0.05, 0.1) is 11.4 Å². The third kappa shape index (κ3) is 7.53. The average molecular weight is 398 g/mol. The van der Waals surface area contributed by atoms with Crippen LogP contribution >= 0.6 is 0 Å². The van der Waals surface area contributed by atoms with Gasteiger partial charge in [0, 0.05) is 10.2 Å². The number of hydrogen-bond donors (Lipinski definition) is 3. The summed E-state index contributed by atoms with van der Waals surface area (Å²) in [6, 6.07) is 8.00. The molecule has 0 spiro atoms. The summed E-state index contributed by atoms with van der Waals surface area (Å²) in [4.78, 5) is 3.68. The Bertz CT molecular complexity index is 825. The molecule has 1 atom stereocenters. The number of benzene rings is 1. The molecule has 0 saturated carbocycles. The predicted octanol–water partition coefficient (Wildman–Crippen LogP) is 6.48. The molecule has 0 aromatic heterocycles. The zero-order valence-corrected chi connectivity index (χ0v) is 17.9. The molecule has 1 aliphatic rings. The molecule has 1 aromatic carbocycles. The van der Waals surface area contributed by atoms with E-state index in [2.05, 4.69) is 37.9 Å². The monoisotopic (exact) mass is 397 g/mol. The Morgan fingerprint density at radius 2 is 1.69 bits per heavy atom. The zero-order valence-electron chi connectivity index (χ0n) is 17.9. The maximum absolute atomic E-state index is 12.0. The van der Waals surface area contributed by atoms with E-state index in [0.717, 1.165) is 17.7 Å². The van der Waals surface area contributed by atoms with Crippen molar-refractivity contribution in [1.29, 1.82) is 10.8 Å². The number of allylic oxidation sites excluding steroid dienone is 8. The van der Waals surface area contributed by atoms with Gasteiger partial charge in [0.2, 0.25) is 0 Å². The van der Waals surface area contributed by atoms with Crippen molar-refractivity contribution >= 4 is 17.1 Å². The van der Waals surface area contributed by atoms with Gasteiger partial charge in [-0.25, -0.2) is 0 Å². The Hall–Kier alpha value is -2.95. The molecule has 0 fully saturated rings. The van der Waals surface area contributed by atoms with Crippen LogP contribution in [-0.4, -0.2) is 11.4 Å². The summed E-state index contributed by atoms with van der Waals surface area (Å²) in [5, 5.41) is 14.1. The summed E-state index contributed by atoms with van der Waals surface area (Å²) in [5.74, 6) is 0.667. The molecule has 0 unspecified atom stereocenters. The standard InChI is InChI=1S/C18H26FNO.C6H6N2/c1-13(12-15(3)21-19)10-11-14(2)18(4,5)16-8-6-7-9-17(16)20;7-5-3-1-2-4-6(5)8/h6-10,12,14H,11,20H2,1-5H3;1-4,7-8H/b13-10-,15-12-;/t14-;/m0./s1. The highest BCUT2D eigenvalue weighted by Crippen LogP contribution is 2.37. The smallest absolute Gasteiger partial charge is 0.146 e. The van der Waals surface area contributed by atoms with Crippen molar-refractivity contribution in [3.8, 4) is 0 Å². The average Bonchev–Trinajstić information content (AvgIpc) is 2.69. The Morgan fingerprint density at radius 3 is 2.17 bits per heavy atom. The summed E-state index contributed by atoms with van der Waals surface area (Å²) < 4.78 is 12.0. The number of halogens is 1. The normalized spacial score (nSPS) is 15.7. The highest BCUT2D eigenvalue weighted by atomic mass is 19.3. The van der Waals surface area contributed by atoms with Crippen molar-refractivity contribution in [2.24, 2.45) is 5.92 Å². The third-order valence-corrected chi connectivity index (χ3v) is 5.16. The highest BCUT2D eigenvalue weighted by Gasteiger charge is 2.28. The van der Waals surface area contributed by atoms with Gasteiger partial charge < -0.3 is 5.73 Å². The van der Waals surface area contributed by atoms with Gasteiger partial charge in [0.1, 0.15) is 5.76 Å². The molecule has 4 N–H and O–H groups in total. The predicted molar refractivity (Wildman–Crippen MR) is 121 cm³/mol. The summed E-state index contributed by atoms with van der Waals surface area (Å²) >= 11 is 0. The number of hydrogen-bond acceptors (Lipinski definition) is 4. The Morgan fingerprint density at radius 1 is 1.14 bits per heavy atom. The van der Waals surface area contributed by atoms with E-state index in [1.807, 2.05) is 25.1 Å². The van der Waals surface area contributed by atoms with E-state index >= 15 is 0 Å². The number of para-hydroxylation sites is 1. The molecule has 0 aliphatic heterocycles. The van der Waals surface area contributed by atoms with Crippen LogP contribution in [0.5, 0.6) is 0 Å². The molecule has 0 radical (unpaired) electrons. The molecular formula is C24H32FN3O. The van der Waals surface area contributed by atoms with Crippen molar-refractivity contribution in [3.05, 3.63) is 77.6 Å². The van der Waals surface area contributed by atoms with Gasteiger partial charge in [-0.05, 0) is 61.5 Å². The number of nitrogen functional groups attached to an aromatic ring is 1. The molecule has 5 heteroatoms. The minimum Gasteiger partial charge on any atom is -0.398 e. The Balaban J connectivity index is 0.000000436. The quantitative estimate of drug-likeness (QED) is 0.222. The van der Waals surface area contributed by atoms with Gasteiger partial charge in [-0.15, -0.1) is 0 Å². The molecule has 0 amide bonds. The first kappa shape index (κ1) is 24.1. The minimum atomic E-state index is -0.0303. The number of nitrogens with two attached hydrogens (primary N) is 1. The largest absolute Gasteiger partial charge is 0.398 e. The Kier molecular flexibility index (Phi) is 9.26. The maximum atomic E-state index is 12.0. The van der Waals surface area contributed by atoms with E-state index in [1.54, 1.807) is 37.3 Å². The SMILES string of the molecule is CC(=C/C[C@H](C)C(C)(C)c1ccccc1N)/C=C(/C)OF.N=C1C=CC=CC1=N. The van der Waals surface area contributed by atoms with E-state index in [0.29, 0.717) is 5.92 Å². The summed E-state index contributed by atoms with van der Waals surface area (Å²) in [7, 11) is 0. The number of rotatable bonds is 6. The van der Waals surface area contributed by atoms with Gasteiger partial charge in [0.15, 0.2) is 0 Å². The van der Waals surface area contributed by atoms with Crippen LogP contribution in [0.1, 0.15) is 46.6 Å². The molecule has 0 bridgehead atoms. The van der Waals surface area contributed by atoms with Gasteiger partial charge in [-0.3, -0.25) is 15.8 Å². The first-order valence-electron chi connectivity index (χ1n) is 9.60. The molecule has 29 heavy (non-hydrogen) atoms. The fourth-order valence-electron chi connectivity index (χ4n) is 2.89.